The SMILES string of the molecule is COC(=O)Cn1cc(C)c(=O)n(CCCN(C(=O)OC(C)(C)C)C2CCC(C#N)(c3ccccc3C#N)CC2)c1=O. The standard InChI is InChI=1S/C30H37N5O6/c1-21-18-33(19-25(36)40-5)27(38)35(26(21)37)16-8-15-34(28(39)41-29(2,3)4)23-11-13-30(20-32,14-12-23)24-10-7-6-9-22(24)17-31/h6-7,9-10,18,23H,8,11-16,19H2,1-5H3. The monoisotopic (exact) mass is 563 g/mol. The molecule has 1 aromatic carbocycles. The summed E-state index contributed by atoms with van der Waals surface area (Å²) in [6.45, 7) is 6.82. The number of aryl methyl sites for hydroxylation is 1. The average molecular weight is 564 g/mol. The van der Waals surface area contributed by atoms with Gasteiger partial charge < -0.3 is 14.4 Å². The number of amides is 1. The Hall–Kier alpha value is -4.38. The molecule has 11 heteroatoms. The number of methoxy groups -OCH3 is 1. The molecule has 1 aliphatic rings. The molecular weight excluding hydrogens is 526 g/mol. The largest absolute Gasteiger partial charge is 0.468 e. The van der Waals surface area contributed by atoms with Gasteiger partial charge in [0, 0.05) is 30.9 Å². The normalized spacial score (nSPS) is 18.6. The second-order valence-corrected chi connectivity index (χ2v) is 11.4. The third-order valence-corrected chi connectivity index (χ3v) is 7.37. The van der Waals surface area contributed by atoms with Crippen LogP contribution in [0.4, 0.5) is 4.79 Å². The van der Waals surface area contributed by atoms with Crippen molar-refractivity contribution < 1.29 is 19.1 Å². The maximum absolute atomic E-state index is 13.3. The Morgan fingerprint density at radius 2 is 1.80 bits per heavy atom. The van der Waals surface area contributed by atoms with Crippen LogP contribution in [0.5, 0.6) is 0 Å². The van der Waals surface area contributed by atoms with Gasteiger partial charge in [-0.1, -0.05) is 18.2 Å². The third kappa shape index (κ3) is 7.23. The molecule has 1 aromatic heterocycles. The smallest absolute Gasteiger partial charge is 0.410 e. The van der Waals surface area contributed by atoms with Crippen molar-refractivity contribution in [1.82, 2.24) is 14.0 Å². The lowest BCUT2D eigenvalue weighted by Crippen LogP contribution is -2.48. The fraction of sp³-hybridized carbons (Fsp3) is 0.533. The second kappa shape index (κ2) is 12.9. The molecule has 0 unspecified atom stereocenters. The topological polar surface area (TPSA) is 147 Å². The second-order valence-electron chi connectivity index (χ2n) is 11.4. The van der Waals surface area contributed by atoms with E-state index in [4.69, 9.17) is 4.74 Å². The van der Waals surface area contributed by atoms with Gasteiger partial charge in [0.1, 0.15) is 12.1 Å². The molecule has 1 aliphatic carbocycles. The zero-order valence-electron chi connectivity index (χ0n) is 24.3. The Morgan fingerprint density at radius 3 is 2.39 bits per heavy atom. The van der Waals surface area contributed by atoms with Crippen LogP contribution in [-0.2, 0) is 32.8 Å². The predicted molar refractivity (Wildman–Crippen MR) is 150 cm³/mol. The number of benzene rings is 1. The highest BCUT2D eigenvalue weighted by Gasteiger charge is 2.41. The van der Waals surface area contributed by atoms with Crippen molar-refractivity contribution in [2.75, 3.05) is 13.7 Å². The summed E-state index contributed by atoms with van der Waals surface area (Å²) in [5.41, 5.74) is -1.19. The number of esters is 1. The first-order valence-corrected chi connectivity index (χ1v) is 13.6. The van der Waals surface area contributed by atoms with Crippen molar-refractivity contribution in [3.8, 4) is 12.1 Å². The van der Waals surface area contributed by atoms with E-state index in [0.717, 1.165) is 9.13 Å². The van der Waals surface area contributed by atoms with Crippen molar-refractivity contribution in [2.24, 2.45) is 0 Å². The van der Waals surface area contributed by atoms with Gasteiger partial charge in [-0.05, 0) is 71.4 Å². The molecule has 0 spiro atoms. The molecule has 2 aromatic rings. The predicted octanol–water partition coefficient (Wildman–Crippen LogP) is 3.39. The van der Waals surface area contributed by atoms with E-state index < -0.39 is 34.3 Å². The van der Waals surface area contributed by atoms with Crippen LogP contribution in [0.2, 0.25) is 0 Å². The maximum Gasteiger partial charge on any atom is 0.410 e. The highest BCUT2D eigenvalue weighted by Crippen LogP contribution is 2.42. The van der Waals surface area contributed by atoms with Gasteiger partial charge in [-0.25, -0.2) is 9.59 Å². The van der Waals surface area contributed by atoms with Crippen LogP contribution in [0.15, 0.2) is 40.1 Å². The van der Waals surface area contributed by atoms with Gasteiger partial charge in [0.2, 0.25) is 0 Å². The number of aromatic nitrogens is 2. The van der Waals surface area contributed by atoms with Crippen LogP contribution in [0.25, 0.3) is 0 Å². The van der Waals surface area contributed by atoms with Crippen molar-refractivity contribution >= 4 is 12.1 Å². The van der Waals surface area contributed by atoms with E-state index in [-0.39, 0.29) is 32.1 Å². The number of rotatable bonds is 8. The van der Waals surface area contributed by atoms with E-state index in [1.54, 1.807) is 44.7 Å². The summed E-state index contributed by atoms with van der Waals surface area (Å²) < 4.78 is 12.5. The molecule has 1 saturated carbocycles. The van der Waals surface area contributed by atoms with Crippen molar-refractivity contribution in [3.63, 3.8) is 0 Å². The Labute approximate surface area is 239 Å². The highest BCUT2D eigenvalue weighted by atomic mass is 16.6. The number of hydrogen-bond acceptors (Lipinski definition) is 8. The first-order chi connectivity index (χ1) is 19.4. The number of carbonyl (C=O) groups is 2. The van der Waals surface area contributed by atoms with Crippen LogP contribution >= 0.6 is 0 Å². The zero-order valence-corrected chi connectivity index (χ0v) is 24.3. The first-order valence-electron chi connectivity index (χ1n) is 13.6. The van der Waals surface area contributed by atoms with E-state index in [1.807, 2.05) is 12.1 Å². The zero-order chi connectivity index (χ0) is 30.4. The molecule has 0 N–H and O–H groups in total. The molecule has 11 nitrogen and oxygen atoms in total. The molecule has 1 heterocycles. The number of nitriles is 2. The summed E-state index contributed by atoms with van der Waals surface area (Å²) in [6.07, 6.45) is 3.06. The van der Waals surface area contributed by atoms with E-state index in [9.17, 15) is 29.7 Å². The van der Waals surface area contributed by atoms with E-state index >= 15 is 0 Å². The first kappa shape index (κ1) is 31.2. The highest BCUT2D eigenvalue weighted by molar-refractivity contribution is 5.69. The van der Waals surface area contributed by atoms with Gasteiger partial charge >= 0.3 is 17.8 Å². The minimum atomic E-state index is -0.831. The van der Waals surface area contributed by atoms with Crippen LogP contribution in [0.3, 0.4) is 0 Å². The van der Waals surface area contributed by atoms with Crippen LogP contribution < -0.4 is 11.2 Å². The van der Waals surface area contributed by atoms with Gasteiger partial charge in [-0.3, -0.25) is 18.7 Å². The Kier molecular flexibility index (Phi) is 9.77. The molecule has 1 fully saturated rings. The average Bonchev–Trinajstić information content (AvgIpc) is 2.94. The maximum atomic E-state index is 13.3. The molecular formula is C30H37N5O6. The van der Waals surface area contributed by atoms with Crippen molar-refractivity contribution in [2.45, 2.75) is 89.9 Å². The summed E-state index contributed by atoms with van der Waals surface area (Å²) in [4.78, 5) is 52.4. The minimum absolute atomic E-state index is 0.0320. The summed E-state index contributed by atoms with van der Waals surface area (Å²) in [5.74, 6) is -0.615. The Balaban J connectivity index is 1.82. The van der Waals surface area contributed by atoms with E-state index in [0.29, 0.717) is 42.4 Å². The summed E-state index contributed by atoms with van der Waals surface area (Å²) >= 11 is 0. The molecule has 1 amide bonds. The molecule has 0 aliphatic heterocycles. The molecule has 0 saturated heterocycles. The quantitative estimate of drug-likeness (QED) is 0.444. The number of carbonyl (C=O) groups excluding carboxylic acids is 2. The Morgan fingerprint density at radius 1 is 1.15 bits per heavy atom. The van der Waals surface area contributed by atoms with Gasteiger partial charge in [0.25, 0.3) is 5.56 Å². The van der Waals surface area contributed by atoms with Gasteiger partial charge in [0.15, 0.2) is 0 Å². The number of nitrogens with zero attached hydrogens (tertiary/aromatic N) is 5. The summed E-state index contributed by atoms with van der Waals surface area (Å²) in [6, 6.07) is 11.5. The van der Waals surface area contributed by atoms with E-state index in [1.165, 1.54) is 13.3 Å². The van der Waals surface area contributed by atoms with Crippen molar-refractivity contribution in [1.29, 1.82) is 10.5 Å². The fourth-order valence-electron chi connectivity index (χ4n) is 5.30. The van der Waals surface area contributed by atoms with Gasteiger partial charge in [-0.15, -0.1) is 0 Å². The van der Waals surface area contributed by atoms with Crippen LogP contribution in [-0.4, -0.2) is 51.4 Å². The molecule has 0 atom stereocenters. The van der Waals surface area contributed by atoms with Gasteiger partial charge in [-0.2, -0.15) is 10.5 Å². The van der Waals surface area contributed by atoms with Gasteiger partial charge in [0.05, 0.1) is 30.2 Å². The minimum Gasteiger partial charge on any atom is -0.468 e. The molecule has 41 heavy (non-hydrogen) atoms. The fourth-order valence-corrected chi connectivity index (χ4v) is 5.30. The molecule has 0 bridgehead atoms. The van der Waals surface area contributed by atoms with E-state index in [2.05, 4.69) is 16.9 Å². The van der Waals surface area contributed by atoms with Crippen LogP contribution in [0, 0.1) is 29.6 Å². The molecule has 0 radical (unpaired) electrons. The van der Waals surface area contributed by atoms with Crippen molar-refractivity contribution in [3.05, 3.63) is 68.0 Å². The summed E-state index contributed by atoms with van der Waals surface area (Å²) in [7, 11) is 1.22. The third-order valence-electron chi connectivity index (χ3n) is 7.37. The number of hydrogen-bond donors (Lipinski definition) is 0. The lowest BCUT2D eigenvalue weighted by molar-refractivity contribution is -0.141. The molecule has 3 rings (SSSR count). The lowest BCUT2D eigenvalue weighted by Gasteiger charge is -2.41. The number of ether oxygens (including phenoxy) is 2. The summed E-state index contributed by atoms with van der Waals surface area (Å²) in [5, 5.41) is 19.8. The van der Waals surface area contributed by atoms with Crippen LogP contribution in [0.1, 0.15) is 69.6 Å². The molecule has 218 valence electrons. The lowest BCUT2D eigenvalue weighted by atomic mass is 9.68. The Bertz CT molecular complexity index is 1480.